The molecule has 0 fully saturated rings. The zero-order chi connectivity index (χ0) is 11.0. The maximum absolute atomic E-state index is 10.9. The fourth-order valence-corrected chi connectivity index (χ4v) is 2.44. The van der Waals surface area contributed by atoms with Crippen LogP contribution in [-0.4, -0.2) is 21.0 Å². The summed E-state index contributed by atoms with van der Waals surface area (Å²) in [5, 5.41) is 9.92. The summed E-state index contributed by atoms with van der Waals surface area (Å²) in [7, 11) is 0. The van der Waals surface area contributed by atoms with Crippen LogP contribution >= 0.6 is 11.3 Å². The predicted molar refractivity (Wildman–Crippen MR) is 58.3 cm³/mol. The van der Waals surface area contributed by atoms with Crippen molar-refractivity contribution >= 4 is 17.3 Å². The number of thiazole rings is 1. The van der Waals surface area contributed by atoms with Gasteiger partial charge in [0.2, 0.25) is 0 Å². The van der Waals surface area contributed by atoms with Crippen LogP contribution in [0.5, 0.6) is 0 Å². The Morgan fingerprint density at radius 3 is 2.80 bits per heavy atom. The summed E-state index contributed by atoms with van der Waals surface area (Å²) in [5.74, 6) is -0.920. The summed E-state index contributed by atoms with van der Waals surface area (Å²) in [4.78, 5) is 19.1. The monoisotopic (exact) mass is 222 g/mol. The maximum atomic E-state index is 10.9. The first-order chi connectivity index (χ1) is 7.09. The number of carboxylic acid groups (broad SMARTS) is 1. The van der Waals surface area contributed by atoms with Crippen molar-refractivity contribution in [1.82, 2.24) is 9.97 Å². The molecule has 2 aromatic heterocycles. The molecule has 0 saturated carbocycles. The van der Waals surface area contributed by atoms with Gasteiger partial charge in [-0.25, -0.2) is 9.78 Å². The number of aromatic nitrogens is 2. The standard InChI is InChI=1S/C10H10N2O2S/c1-5-9(15-6(2)12-5)8-7(10(13)14)3-4-11-8/h3-4,11H,1-2H3,(H,13,14). The number of carboxylic acids is 1. The van der Waals surface area contributed by atoms with E-state index in [0.717, 1.165) is 15.6 Å². The van der Waals surface area contributed by atoms with Gasteiger partial charge in [-0.1, -0.05) is 0 Å². The Morgan fingerprint density at radius 2 is 2.27 bits per heavy atom. The summed E-state index contributed by atoms with van der Waals surface area (Å²) in [6, 6.07) is 1.56. The fourth-order valence-electron chi connectivity index (χ4n) is 1.50. The Balaban J connectivity index is 2.58. The molecule has 0 saturated heterocycles. The minimum absolute atomic E-state index is 0.293. The summed E-state index contributed by atoms with van der Waals surface area (Å²) in [6.07, 6.45) is 1.63. The van der Waals surface area contributed by atoms with Crippen LogP contribution in [-0.2, 0) is 0 Å². The fraction of sp³-hybridized carbons (Fsp3) is 0.200. The molecule has 15 heavy (non-hydrogen) atoms. The van der Waals surface area contributed by atoms with Crippen LogP contribution in [0.4, 0.5) is 0 Å². The number of hydrogen-bond donors (Lipinski definition) is 2. The molecule has 2 heterocycles. The van der Waals surface area contributed by atoms with Gasteiger partial charge in [0.1, 0.15) is 0 Å². The lowest BCUT2D eigenvalue weighted by Crippen LogP contribution is -1.96. The molecule has 2 aromatic rings. The van der Waals surface area contributed by atoms with Crippen LogP contribution in [0.1, 0.15) is 21.1 Å². The highest BCUT2D eigenvalue weighted by Gasteiger charge is 2.16. The lowest BCUT2D eigenvalue weighted by Gasteiger charge is -1.97. The molecule has 0 aliphatic carbocycles. The van der Waals surface area contributed by atoms with Gasteiger partial charge in [0.05, 0.1) is 26.8 Å². The van der Waals surface area contributed by atoms with Gasteiger partial charge in [0, 0.05) is 6.20 Å². The van der Waals surface area contributed by atoms with Crippen LogP contribution in [0.3, 0.4) is 0 Å². The second-order valence-electron chi connectivity index (χ2n) is 3.22. The van der Waals surface area contributed by atoms with Gasteiger partial charge in [-0.15, -0.1) is 11.3 Å². The Hall–Kier alpha value is -1.62. The third-order valence-electron chi connectivity index (χ3n) is 2.11. The molecule has 78 valence electrons. The number of nitrogens with one attached hydrogen (secondary N) is 1. The van der Waals surface area contributed by atoms with Crippen molar-refractivity contribution < 1.29 is 9.90 Å². The summed E-state index contributed by atoms with van der Waals surface area (Å²) in [5.41, 5.74) is 1.80. The number of carbonyl (C=O) groups is 1. The molecule has 2 N–H and O–H groups in total. The van der Waals surface area contributed by atoms with Gasteiger partial charge in [0.15, 0.2) is 0 Å². The minimum Gasteiger partial charge on any atom is -0.478 e. The van der Waals surface area contributed by atoms with Gasteiger partial charge in [-0.2, -0.15) is 0 Å². The third-order valence-corrected chi connectivity index (χ3v) is 3.20. The molecule has 4 nitrogen and oxygen atoms in total. The number of hydrogen-bond acceptors (Lipinski definition) is 3. The van der Waals surface area contributed by atoms with Crippen molar-refractivity contribution in [2.75, 3.05) is 0 Å². The zero-order valence-electron chi connectivity index (χ0n) is 8.37. The van der Waals surface area contributed by atoms with Gasteiger partial charge in [-0.05, 0) is 19.9 Å². The topological polar surface area (TPSA) is 66.0 Å². The van der Waals surface area contributed by atoms with E-state index in [-0.39, 0.29) is 0 Å². The number of aromatic amines is 1. The summed E-state index contributed by atoms with van der Waals surface area (Å²) in [6.45, 7) is 3.79. The molecule has 0 atom stereocenters. The number of aromatic carboxylic acids is 1. The lowest BCUT2D eigenvalue weighted by molar-refractivity contribution is 0.0698. The Morgan fingerprint density at radius 1 is 1.53 bits per heavy atom. The lowest BCUT2D eigenvalue weighted by atomic mass is 10.2. The molecule has 0 aliphatic rings. The molecule has 2 rings (SSSR count). The number of aryl methyl sites for hydroxylation is 2. The molecule has 0 radical (unpaired) electrons. The van der Waals surface area contributed by atoms with Crippen molar-refractivity contribution in [2.45, 2.75) is 13.8 Å². The van der Waals surface area contributed by atoms with Gasteiger partial charge in [-0.3, -0.25) is 0 Å². The van der Waals surface area contributed by atoms with Crippen LogP contribution in [0.2, 0.25) is 0 Å². The van der Waals surface area contributed by atoms with Crippen LogP contribution in [0, 0.1) is 13.8 Å². The molecule has 0 amide bonds. The van der Waals surface area contributed by atoms with E-state index in [4.69, 9.17) is 5.11 Å². The van der Waals surface area contributed by atoms with E-state index in [2.05, 4.69) is 9.97 Å². The number of rotatable bonds is 2. The highest BCUT2D eigenvalue weighted by Crippen LogP contribution is 2.30. The SMILES string of the molecule is Cc1nc(C)c(-c2[nH]ccc2C(=O)O)s1. The average molecular weight is 222 g/mol. The molecule has 0 aromatic carbocycles. The first-order valence-corrected chi connectivity index (χ1v) is 5.26. The van der Waals surface area contributed by atoms with Crippen LogP contribution in [0.15, 0.2) is 12.3 Å². The van der Waals surface area contributed by atoms with Gasteiger partial charge in [0.25, 0.3) is 0 Å². The number of H-pyrrole nitrogens is 1. The minimum atomic E-state index is -0.920. The highest BCUT2D eigenvalue weighted by molar-refractivity contribution is 7.15. The highest BCUT2D eigenvalue weighted by atomic mass is 32.1. The van der Waals surface area contributed by atoms with Crippen molar-refractivity contribution in [3.05, 3.63) is 28.5 Å². The predicted octanol–water partition coefficient (Wildman–Crippen LogP) is 2.45. The van der Waals surface area contributed by atoms with Crippen molar-refractivity contribution in [3.8, 4) is 10.6 Å². The molecule has 0 spiro atoms. The molecule has 5 heteroatoms. The molecule has 0 bridgehead atoms. The smallest absolute Gasteiger partial charge is 0.337 e. The first kappa shape index (κ1) is 9.92. The Labute approximate surface area is 90.6 Å². The van der Waals surface area contributed by atoms with E-state index in [1.165, 1.54) is 11.3 Å². The molecular weight excluding hydrogens is 212 g/mol. The van der Waals surface area contributed by atoms with E-state index in [0.29, 0.717) is 11.3 Å². The van der Waals surface area contributed by atoms with Crippen molar-refractivity contribution in [2.24, 2.45) is 0 Å². The van der Waals surface area contributed by atoms with Crippen molar-refractivity contribution in [1.29, 1.82) is 0 Å². The molecular formula is C10H10N2O2S. The van der Waals surface area contributed by atoms with E-state index in [1.807, 2.05) is 13.8 Å². The van der Waals surface area contributed by atoms with Gasteiger partial charge >= 0.3 is 5.97 Å². The van der Waals surface area contributed by atoms with Crippen molar-refractivity contribution in [3.63, 3.8) is 0 Å². The quantitative estimate of drug-likeness (QED) is 0.820. The zero-order valence-corrected chi connectivity index (χ0v) is 9.18. The normalized spacial score (nSPS) is 10.5. The third kappa shape index (κ3) is 1.66. The largest absolute Gasteiger partial charge is 0.478 e. The van der Waals surface area contributed by atoms with E-state index in [1.54, 1.807) is 12.3 Å². The maximum Gasteiger partial charge on any atom is 0.337 e. The van der Waals surface area contributed by atoms with E-state index in [9.17, 15) is 4.79 Å². The van der Waals surface area contributed by atoms with Crippen LogP contribution in [0.25, 0.3) is 10.6 Å². The Kier molecular flexibility index (Phi) is 2.32. The molecule has 0 aliphatic heterocycles. The molecule has 0 unspecified atom stereocenters. The first-order valence-electron chi connectivity index (χ1n) is 4.44. The average Bonchev–Trinajstić information content (AvgIpc) is 2.71. The summed E-state index contributed by atoms with van der Waals surface area (Å²) < 4.78 is 0. The van der Waals surface area contributed by atoms with Crippen LogP contribution < -0.4 is 0 Å². The Bertz CT molecular complexity index is 513. The second-order valence-corrected chi connectivity index (χ2v) is 4.42. The summed E-state index contributed by atoms with van der Waals surface area (Å²) >= 11 is 1.50. The number of nitrogens with zero attached hydrogens (tertiary/aromatic N) is 1. The second kappa shape index (κ2) is 3.51. The van der Waals surface area contributed by atoms with E-state index < -0.39 is 5.97 Å². The van der Waals surface area contributed by atoms with E-state index >= 15 is 0 Å². The van der Waals surface area contributed by atoms with Gasteiger partial charge < -0.3 is 10.1 Å².